The van der Waals surface area contributed by atoms with Crippen LogP contribution >= 0.6 is 0 Å². The van der Waals surface area contributed by atoms with Gasteiger partial charge in [-0.1, -0.05) is 13.8 Å². The van der Waals surface area contributed by atoms with E-state index in [0.717, 1.165) is 29.9 Å². The van der Waals surface area contributed by atoms with Crippen LogP contribution in [0.3, 0.4) is 0 Å². The molecule has 2 rings (SSSR count). The third-order valence-corrected chi connectivity index (χ3v) is 4.05. The fourth-order valence-corrected chi connectivity index (χ4v) is 3.08. The maximum Gasteiger partial charge on any atom is 0.315 e. The first-order chi connectivity index (χ1) is 10.8. The second-order valence-corrected chi connectivity index (χ2v) is 7.07. The summed E-state index contributed by atoms with van der Waals surface area (Å²) in [5.74, 6) is 1.81. The molecule has 0 saturated carbocycles. The maximum atomic E-state index is 12.1. The Balaban J connectivity index is 1.86. The van der Waals surface area contributed by atoms with Crippen LogP contribution < -0.4 is 16.0 Å². The number of nitrogens with one attached hydrogen (secondary N) is 3. The van der Waals surface area contributed by atoms with E-state index >= 15 is 0 Å². The van der Waals surface area contributed by atoms with Crippen LogP contribution in [0.2, 0.25) is 0 Å². The zero-order valence-electron chi connectivity index (χ0n) is 14.4. The molecule has 0 spiro atoms. The Morgan fingerprint density at radius 1 is 1.30 bits per heavy atom. The van der Waals surface area contributed by atoms with Gasteiger partial charge in [-0.15, -0.1) is 0 Å². The third-order valence-electron chi connectivity index (χ3n) is 4.05. The highest BCUT2D eigenvalue weighted by Gasteiger charge is 2.35. The van der Waals surface area contributed by atoms with Gasteiger partial charge in [0.1, 0.15) is 11.5 Å². The number of urea groups is 1. The van der Waals surface area contributed by atoms with E-state index < -0.39 is 0 Å². The van der Waals surface area contributed by atoms with Crippen LogP contribution in [-0.2, 0) is 11.2 Å². The summed E-state index contributed by atoms with van der Waals surface area (Å²) in [6, 6.07) is 1.81. The van der Waals surface area contributed by atoms with Crippen LogP contribution in [0.1, 0.15) is 56.7 Å². The summed E-state index contributed by atoms with van der Waals surface area (Å²) in [6.45, 7) is 8.89. The lowest BCUT2D eigenvalue weighted by atomic mass is 9.75. The molecule has 3 amide bonds. The van der Waals surface area contributed by atoms with Crippen LogP contribution in [0, 0.1) is 12.3 Å². The molecule has 0 aliphatic heterocycles. The smallest absolute Gasteiger partial charge is 0.315 e. The quantitative estimate of drug-likeness (QED) is 0.728. The van der Waals surface area contributed by atoms with Gasteiger partial charge in [-0.2, -0.15) is 0 Å². The minimum Gasteiger partial charge on any atom is -0.466 e. The van der Waals surface area contributed by atoms with Gasteiger partial charge < -0.3 is 20.4 Å². The molecular formula is C17H27N3O3. The molecule has 23 heavy (non-hydrogen) atoms. The second kappa shape index (κ2) is 7.06. The van der Waals surface area contributed by atoms with Crippen molar-refractivity contribution in [3.05, 3.63) is 23.2 Å². The van der Waals surface area contributed by atoms with Crippen LogP contribution in [0.4, 0.5) is 4.79 Å². The summed E-state index contributed by atoms with van der Waals surface area (Å²) < 4.78 is 5.78. The molecule has 0 radical (unpaired) electrons. The second-order valence-electron chi connectivity index (χ2n) is 7.07. The minimum atomic E-state index is -0.180. The van der Waals surface area contributed by atoms with Crippen molar-refractivity contribution in [2.45, 2.75) is 53.0 Å². The molecule has 0 saturated heterocycles. The van der Waals surface area contributed by atoms with E-state index in [2.05, 4.69) is 29.8 Å². The van der Waals surface area contributed by atoms with Crippen molar-refractivity contribution >= 4 is 11.9 Å². The molecule has 1 aliphatic carbocycles. The molecule has 1 aliphatic rings. The Hall–Kier alpha value is -1.98. The van der Waals surface area contributed by atoms with Gasteiger partial charge in [0.15, 0.2) is 0 Å². The normalized spacial score (nSPS) is 18.9. The van der Waals surface area contributed by atoms with E-state index in [1.165, 1.54) is 6.92 Å². The van der Waals surface area contributed by atoms with E-state index in [4.69, 9.17) is 4.42 Å². The monoisotopic (exact) mass is 321 g/mol. The first kappa shape index (κ1) is 17.4. The first-order valence-electron chi connectivity index (χ1n) is 8.15. The molecule has 1 unspecified atom stereocenters. The Morgan fingerprint density at radius 2 is 2.00 bits per heavy atom. The van der Waals surface area contributed by atoms with Crippen molar-refractivity contribution in [3.8, 4) is 0 Å². The van der Waals surface area contributed by atoms with Crippen LogP contribution in [0.25, 0.3) is 0 Å². The SMILES string of the molecule is CC(=O)NCCCNC(=O)NC1CC(C)(C)Cc2oc(C)cc21. The van der Waals surface area contributed by atoms with Gasteiger partial charge >= 0.3 is 6.03 Å². The standard InChI is InChI=1S/C17H27N3O3/c1-11-8-13-14(9-17(3,4)10-15(13)23-11)20-16(22)19-7-5-6-18-12(2)21/h8,14H,5-7,9-10H2,1-4H3,(H,18,21)(H2,19,20,22). The predicted octanol–water partition coefficient (Wildman–Crippen LogP) is 2.43. The molecule has 0 aromatic carbocycles. The molecule has 6 nitrogen and oxygen atoms in total. The van der Waals surface area contributed by atoms with Crippen molar-refractivity contribution in [2.75, 3.05) is 13.1 Å². The Kier molecular flexibility index (Phi) is 5.34. The molecule has 3 N–H and O–H groups in total. The summed E-state index contributed by atoms with van der Waals surface area (Å²) in [4.78, 5) is 22.9. The number of amides is 3. The Labute approximate surface area is 137 Å². The van der Waals surface area contributed by atoms with Crippen LogP contribution in [0.15, 0.2) is 10.5 Å². The molecule has 1 aromatic heterocycles. The average Bonchev–Trinajstić information content (AvgIpc) is 2.77. The van der Waals surface area contributed by atoms with Gasteiger partial charge in [-0.3, -0.25) is 4.79 Å². The molecule has 1 atom stereocenters. The van der Waals surface area contributed by atoms with Crippen molar-refractivity contribution < 1.29 is 14.0 Å². The number of hydrogen-bond donors (Lipinski definition) is 3. The highest BCUT2D eigenvalue weighted by atomic mass is 16.3. The van der Waals surface area contributed by atoms with E-state index in [1.54, 1.807) is 0 Å². The number of hydrogen-bond acceptors (Lipinski definition) is 3. The summed E-state index contributed by atoms with van der Waals surface area (Å²) in [7, 11) is 0. The predicted molar refractivity (Wildman–Crippen MR) is 88.1 cm³/mol. The number of fused-ring (bicyclic) bond motifs is 1. The number of rotatable bonds is 5. The highest BCUT2D eigenvalue weighted by Crippen LogP contribution is 2.41. The first-order valence-corrected chi connectivity index (χ1v) is 8.15. The number of carbonyl (C=O) groups excluding carboxylic acids is 2. The summed E-state index contributed by atoms with van der Waals surface area (Å²) in [6.07, 6.45) is 2.49. The van der Waals surface area contributed by atoms with Crippen molar-refractivity contribution in [1.29, 1.82) is 0 Å². The number of aryl methyl sites for hydroxylation is 1. The summed E-state index contributed by atoms with van der Waals surface area (Å²) >= 11 is 0. The Morgan fingerprint density at radius 3 is 2.70 bits per heavy atom. The molecule has 128 valence electrons. The Bertz CT molecular complexity index is 578. The highest BCUT2D eigenvalue weighted by molar-refractivity contribution is 5.74. The topological polar surface area (TPSA) is 83.4 Å². The lowest BCUT2D eigenvalue weighted by Gasteiger charge is -2.34. The van der Waals surface area contributed by atoms with Gasteiger partial charge in [0.05, 0.1) is 6.04 Å². The lowest BCUT2D eigenvalue weighted by Crippen LogP contribution is -2.42. The molecular weight excluding hydrogens is 294 g/mol. The van der Waals surface area contributed by atoms with E-state index in [9.17, 15) is 9.59 Å². The zero-order valence-corrected chi connectivity index (χ0v) is 14.4. The average molecular weight is 321 g/mol. The molecule has 0 fully saturated rings. The maximum absolute atomic E-state index is 12.1. The van der Waals surface area contributed by atoms with Crippen molar-refractivity contribution in [3.63, 3.8) is 0 Å². The summed E-state index contributed by atoms with van der Waals surface area (Å²) in [5, 5.41) is 8.59. The van der Waals surface area contributed by atoms with E-state index in [-0.39, 0.29) is 23.4 Å². The van der Waals surface area contributed by atoms with Gasteiger partial charge in [-0.25, -0.2) is 4.79 Å². The molecule has 1 aromatic rings. The third kappa shape index (κ3) is 5.01. The molecule has 0 bridgehead atoms. The fraction of sp³-hybridized carbons (Fsp3) is 0.647. The van der Waals surface area contributed by atoms with Gasteiger partial charge in [-0.05, 0) is 31.2 Å². The van der Waals surface area contributed by atoms with Crippen molar-refractivity contribution in [2.24, 2.45) is 5.41 Å². The van der Waals surface area contributed by atoms with E-state index in [1.807, 2.05) is 13.0 Å². The number of furan rings is 1. The van der Waals surface area contributed by atoms with Gasteiger partial charge in [0.25, 0.3) is 0 Å². The lowest BCUT2D eigenvalue weighted by molar-refractivity contribution is -0.118. The van der Waals surface area contributed by atoms with Crippen LogP contribution in [0.5, 0.6) is 0 Å². The largest absolute Gasteiger partial charge is 0.466 e. The van der Waals surface area contributed by atoms with Crippen molar-refractivity contribution in [1.82, 2.24) is 16.0 Å². The molecule has 6 heteroatoms. The molecule has 1 heterocycles. The van der Waals surface area contributed by atoms with E-state index in [0.29, 0.717) is 19.5 Å². The minimum absolute atomic E-state index is 0.0263. The van der Waals surface area contributed by atoms with Gasteiger partial charge in [0, 0.05) is 32.0 Å². The van der Waals surface area contributed by atoms with Crippen LogP contribution in [-0.4, -0.2) is 25.0 Å². The van der Waals surface area contributed by atoms with Gasteiger partial charge in [0.2, 0.25) is 5.91 Å². The summed E-state index contributed by atoms with van der Waals surface area (Å²) in [5.41, 5.74) is 1.19. The fourth-order valence-electron chi connectivity index (χ4n) is 3.08. The number of carbonyl (C=O) groups is 2. The zero-order chi connectivity index (χ0) is 17.0.